The van der Waals surface area contributed by atoms with Gasteiger partial charge in [-0.15, -0.1) is 11.3 Å². The van der Waals surface area contributed by atoms with Crippen LogP contribution in [-0.2, 0) is 0 Å². The largest absolute Gasteiger partial charge is 0.134 e. The fourth-order valence-electron chi connectivity index (χ4n) is 1.34. The van der Waals surface area contributed by atoms with E-state index in [2.05, 4.69) is 49.0 Å². The summed E-state index contributed by atoms with van der Waals surface area (Å²) < 4.78 is 0. The Hall–Kier alpha value is -1.18. The minimum Gasteiger partial charge on any atom is -0.134 e. The molecule has 0 aromatic carbocycles. The Balaban J connectivity index is 2.57. The minimum atomic E-state index is 0.995. The topological polar surface area (TPSA) is 0 Å². The molecule has 1 rings (SSSR count). The predicted octanol–water partition coefficient (Wildman–Crippen LogP) is 4.83. The highest BCUT2D eigenvalue weighted by atomic mass is 32.1. The molecule has 0 spiro atoms. The van der Waals surface area contributed by atoms with Crippen LogP contribution in [0, 0.1) is 23.7 Å². The maximum absolute atomic E-state index is 3.23. The molecule has 1 heteroatoms. The van der Waals surface area contributed by atoms with Crippen LogP contribution in [0.4, 0.5) is 0 Å². The lowest BCUT2D eigenvalue weighted by molar-refractivity contribution is 0.828. The van der Waals surface area contributed by atoms with Gasteiger partial charge in [0.2, 0.25) is 0 Å². The van der Waals surface area contributed by atoms with Crippen molar-refractivity contribution in [3.63, 3.8) is 0 Å². The molecule has 0 aliphatic rings. The average Bonchev–Trinajstić information content (AvgIpc) is 2.78. The lowest BCUT2D eigenvalue weighted by atomic mass is 10.2. The first-order valence-electron chi connectivity index (χ1n) is 6.43. The van der Waals surface area contributed by atoms with Gasteiger partial charge in [0.05, 0.1) is 10.4 Å². The van der Waals surface area contributed by atoms with E-state index >= 15 is 0 Å². The zero-order chi connectivity index (χ0) is 12.3. The molecule has 1 heterocycles. The minimum absolute atomic E-state index is 0.995. The summed E-state index contributed by atoms with van der Waals surface area (Å²) in [6, 6.07) is 2.08. The van der Waals surface area contributed by atoms with Crippen molar-refractivity contribution in [2.75, 3.05) is 0 Å². The Morgan fingerprint density at radius 1 is 1.00 bits per heavy atom. The second-order valence-corrected chi connectivity index (χ2v) is 4.89. The molecule has 0 aliphatic heterocycles. The van der Waals surface area contributed by atoms with Crippen molar-refractivity contribution in [1.82, 2.24) is 0 Å². The molecule has 0 atom stereocenters. The molecule has 0 N–H and O–H groups in total. The molecule has 0 radical (unpaired) electrons. The molecule has 0 aliphatic carbocycles. The smallest absolute Gasteiger partial charge is 0.0924 e. The molecule has 1 aromatic heterocycles. The summed E-state index contributed by atoms with van der Waals surface area (Å²) in [4.78, 5) is 1.13. The molecule has 0 saturated heterocycles. The predicted molar refractivity (Wildman–Crippen MR) is 77.1 cm³/mol. The van der Waals surface area contributed by atoms with Gasteiger partial charge in [-0.05, 0) is 24.3 Å². The fraction of sp³-hybridized carbons (Fsp3) is 0.500. The Morgan fingerprint density at radius 2 is 1.65 bits per heavy atom. The van der Waals surface area contributed by atoms with Crippen LogP contribution in [0.25, 0.3) is 0 Å². The summed E-state index contributed by atoms with van der Waals surface area (Å²) in [5.41, 5.74) is 1.11. The lowest BCUT2D eigenvalue weighted by Crippen LogP contribution is -1.75. The van der Waals surface area contributed by atoms with Crippen LogP contribution in [0.2, 0.25) is 0 Å². The van der Waals surface area contributed by atoms with Crippen LogP contribution >= 0.6 is 11.3 Å². The number of rotatable bonds is 4. The van der Waals surface area contributed by atoms with Gasteiger partial charge < -0.3 is 0 Å². The maximum Gasteiger partial charge on any atom is 0.0924 e. The van der Waals surface area contributed by atoms with E-state index in [1.807, 2.05) is 0 Å². The normalized spacial score (nSPS) is 9.06. The van der Waals surface area contributed by atoms with E-state index in [0.29, 0.717) is 0 Å². The Bertz CT molecular complexity index is 391. The Kier molecular flexibility index (Phi) is 7.28. The van der Waals surface area contributed by atoms with Crippen LogP contribution < -0.4 is 0 Å². The summed E-state index contributed by atoms with van der Waals surface area (Å²) >= 11 is 1.70. The highest BCUT2D eigenvalue weighted by Gasteiger charge is 1.96. The summed E-state index contributed by atoms with van der Waals surface area (Å²) in [5.74, 6) is 12.9. The van der Waals surface area contributed by atoms with Crippen LogP contribution in [0.1, 0.15) is 62.8 Å². The summed E-state index contributed by atoms with van der Waals surface area (Å²) in [6.07, 6.45) is 6.79. The first-order valence-corrected chi connectivity index (χ1v) is 7.31. The van der Waals surface area contributed by atoms with Crippen molar-refractivity contribution in [2.45, 2.75) is 52.4 Å². The van der Waals surface area contributed by atoms with Crippen molar-refractivity contribution < 1.29 is 0 Å². The highest BCUT2D eigenvalue weighted by Crippen LogP contribution is 2.14. The highest BCUT2D eigenvalue weighted by molar-refractivity contribution is 7.10. The van der Waals surface area contributed by atoms with Crippen molar-refractivity contribution in [3.8, 4) is 23.7 Å². The van der Waals surface area contributed by atoms with Gasteiger partial charge in [-0.2, -0.15) is 0 Å². The van der Waals surface area contributed by atoms with Gasteiger partial charge in [-0.25, -0.2) is 0 Å². The zero-order valence-electron chi connectivity index (χ0n) is 10.8. The second kappa shape index (κ2) is 8.91. The first kappa shape index (κ1) is 13.9. The van der Waals surface area contributed by atoms with Gasteiger partial charge in [0.1, 0.15) is 0 Å². The standard InChI is InChI=1S/C16H20S/c1-3-5-7-9-11-15-13-14-17-16(15)12-10-8-6-4-2/h13-14H,3-8H2,1-2H3. The molecule has 0 bridgehead atoms. The van der Waals surface area contributed by atoms with E-state index in [0.717, 1.165) is 23.3 Å². The van der Waals surface area contributed by atoms with E-state index in [1.54, 1.807) is 11.3 Å². The number of hydrogen-bond acceptors (Lipinski definition) is 1. The molecule has 0 nitrogen and oxygen atoms in total. The van der Waals surface area contributed by atoms with E-state index in [4.69, 9.17) is 0 Å². The van der Waals surface area contributed by atoms with Gasteiger partial charge in [0.25, 0.3) is 0 Å². The molecule has 1 aromatic rings. The van der Waals surface area contributed by atoms with Gasteiger partial charge >= 0.3 is 0 Å². The van der Waals surface area contributed by atoms with Crippen LogP contribution in [0.5, 0.6) is 0 Å². The molecule has 90 valence electrons. The Labute approximate surface area is 109 Å². The summed E-state index contributed by atoms with van der Waals surface area (Å²) in [7, 11) is 0. The third-order valence-corrected chi connectivity index (χ3v) is 3.23. The monoisotopic (exact) mass is 244 g/mol. The second-order valence-electron chi connectivity index (χ2n) is 3.97. The van der Waals surface area contributed by atoms with Crippen molar-refractivity contribution in [2.24, 2.45) is 0 Å². The number of hydrogen-bond donors (Lipinski definition) is 0. The first-order chi connectivity index (χ1) is 8.38. The van der Waals surface area contributed by atoms with E-state index in [9.17, 15) is 0 Å². The molecule has 0 unspecified atom stereocenters. The molecular weight excluding hydrogens is 224 g/mol. The van der Waals surface area contributed by atoms with Crippen LogP contribution in [-0.4, -0.2) is 0 Å². The van der Waals surface area contributed by atoms with Gasteiger partial charge in [0.15, 0.2) is 0 Å². The molecule has 0 fully saturated rings. The van der Waals surface area contributed by atoms with Gasteiger partial charge in [-0.1, -0.05) is 50.4 Å². The van der Waals surface area contributed by atoms with Crippen LogP contribution in [0.3, 0.4) is 0 Å². The zero-order valence-corrected chi connectivity index (χ0v) is 11.6. The van der Waals surface area contributed by atoms with E-state index in [-0.39, 0.29) is 0 Å². The van der Waals surface area contributed by atoms with Crippen molar-refractivity contribution >= 4 is 11.3 Å². The van der Waals surface area contributed by atoms with E-state index < -0.39 is 0 Å². The lowest BCUT2D eigenvalue weighted by Gasteiger charge is -1.87. The maximum atomic E-state index is 3.23. The summed E-state index contributed by atoms with van der Waals surface area (Å²) in [5, 5.41) is 2.08. The summed E-state index contributed by atoms with van der Waals surface area (Å²) in [6.45, 7) is 4.38. The SMILES string of the molecule is CCCCC#Cc1ccsc1C#CCCCC. The third kappa shape index (κ3) is 5.62. The molecule has 17 heavy (non-hydrogen) atoms. The van der Waals surface area contributed by atoms with Crippen LogP contribution in [0.15, 0.2) is 11.4 Å². The van der Waals surface area contributed by atoms with Gasteiger partial charge in [-0.3, -0.25) is 0 Å². The van der Waals surface area contributed by atoms with Gasteiger partial charge in [0, 0.05) is 12.8 Å². The average molecular weight is 244 g/mol. The Morgan fingerprint density at radius 3 is 2.29 bits per heavy atom. The van der Waals surface area contributed by atoms with E-state index in [1.165, 1.54) is 25.7 Å². The van der Waals surface area contributed by atoms with Crippen molar-refractivity contribution in [1.29, 1.82) is 0 Å². The molecule has 0 saturated carbocycles. The molecular formula is C16H20S. The van der Waals surface area contributed by atoms with Crippen molar-refractivity contribution in [3.05, 3.63) is 21.9 Å². The number of unbranched alkanes of at least 4 members (excludes halogenated alkanes) is 4. The third-order valence-electron chi connectivity index (χ3n) is 2.40. The quantitative estimate of drug-likeness (QED) is 0.525. The number of thiophene rings is 1. The molecule has 0 amide bonds. The fourth-order valence-corrected chi connectivity index (χ4v) is 2.05.